The summed E-state index contributed by atoms with van der Waals surface area (Å²) >= 11 is 0. The van der Waals surface area contributed by atoms with Crippen LogP contribution in [0.15, 0.2) is 0 Å². The van der Waals surface area contributed by atoms with E-state index in [1.54, 1.807) is 0 Å². The topological polar surface area (TPSA) is 103 Å². The highest BCUT2D eigenvalue weighted by Gasteiger charge is 2.26. The number of nitrogens with two attached hydrogens (primary N) is 1. The first-order chi connectivity index (χ1) is 11.8. The van der Waals surface area contributed by atoms with Gasteiger partial charge in [0.05, 0.1) is 65.9 Å². The second-order valence-electron chi connectivity index (χ2n) is 5.54. The minimum atomic E-state index is 0.0281. The van der Waals surface area contributed by atoms with Crippen LogP contribution in [-0.2, 0) is 23.7 Å². The number of hydrogen-bond acceptors (Lipinski definition) is 7. The van der Waals surface area contributed by atoms with Crippen LogP contribution in [0.3, 0.4) is 0 Å². The van der Waals surface area contributed by atoms with E-state index in [1.165, 1.54) is 0 Å². The molecule has 1 saturated heterocycles. The Hall–Kier alpha value is -0.770. The van der Waals surface area contributed by atoms with Crippen LogP contribution in [0, 0.1) is 0 Å². The summed E-state index contributed by atoms with van der Waals surface area (Å²) in [6, 6.07) is 0.204. The Morgan fingerprint density at radius 3 is 2.04 bits per heavy atom. The minimum absolute atomic E-state index is 0.0281. The molecular weight excluding hydrogens is 316 g/mol. The third kappa shape index (κ3) is 9.51. The summed E-state index contributed by atoms with van der Waals surface area (Å²) in [5, 5.41) is 8.51. The lowest BCUT2D eigenvalue weighted by molar-refractivity contribution is -0.133. The lowest BCUT2D eigenvalue weighted by Crippen LogP contribution is -2.40. The molecule has 1 amide bonds. The molecule has 0 aromatic rings. The Kier molecular flexibility index (Phi) is 12.9. The predicted molar refractivity (Wildman–Crippen MR) is 88.8 cm³/mol. The summed E-state index contributed by atoms with van der Waals surface area (Å²) in [5.74, 6) is 0.126. The van der Waals surface area contributed by atoms with E-state index in [2.05, 4.69) is 0 Å². The summed E-state index contributed by atoms with van der Waals surface area (Å²) in [5.41, 5.74) is 5.67. The fourth-order valence-corrected chi connectivity index (χ4v) is 2.54. The van der Waals surface area contributed by atoms with E-state index in [0.29, 0.717) is 65.8 Å². The Balaban J connectivity index is 1.83. The van der Waals surface area contributed by atoms with Gasteiger partial charge in [-0.1, -0.05) is 0 Å². The van der Waals surface area contributed by atoms with Crippen LogP contribution in [0.5, 0.6) is 0 Å². The zero-order chi connectivity index (χ0) is 17.5. The highest BCUT2D eigenvalue weighted by atomic mass is 16.6. The van der Waals surface area contributed by atoms with Crippen LogP contribution >= 0.6 is 0 Å². The first kappa shape index (κ1) is 21.3. The molecule has 0 radical (unpaired) electrons. The minimum Gasteiger partial charge on any atom is -0.394 e. The van der Waals surface area contributed by atoms with Crippen molar-refractivity contribution in [3.8, 4) is 0 Å². The van der Waals surface area contributed by atoms with Gasteiger partial charge in [-0.05, 0) is 12.8 Å². The number of rotatable bonds is 15. The molecule has 1 atom stereocenters. The van der Waals surface area contributed by atoms with Gasteiger partial charge in [0.25, 0.3) is 0 Å². The molecule has 8 heteroatoms. The highest BCUT2D eigenvalue weighted by Crippen LogP contribution is 2.16. The Labute approximate surface area is 144 Å². The average Bonchev–Trinajstić information content (AvgIpc) is 3.07. The van der Waals surface area contributed by atoms with Crippen molar-refractivity contribution in [1.29, 1.82) is 0 Å². The van der Waals surface area contributed by atoms with Gasteiger partial charge in [0.15, 0.2) is 0 Å². The maximum atomic E-state index is 12.0. The molecule has 1 fully saturated rings. The van der Waals surface area contributed by atoms with Crippen LogP contribution in [0.4, 0.5) is 0 Å². The van der Waals surface area contributed by atoms with Crippen LogP contribution in [0.2, 0.25) is 0 Å². The molecule has 0 spiro atoms. The number of aliphatic hydroxyl groups is 1. The van der Waals surface area contributed by atoms with Crippen molar-refractivity contribution in [3.05, 3.63) is 0 Å². The predicted octanol–water partition coefficient (Wildman–Crippen LogP) is -0.615. The number of amides is 1. The third-order valence-corrected chi connectivity index (χ3v) is 3.78. The van der Waals surface area contributed by atoms with Crippen molar-refractivity contribution in [3.63, 3.8) is 0 Å². The number of hydrogen-bond donors (Lipinski definition) is 2. The molecule has 1 heterocycles. The first-order valence-corrected chi connectivity index (χ1v) is 8.71. The quantitative estimate of drug-likeness (QED) is 0.380. The summed E-state index contributed by atoms with van der Waals surface area (Å²) in [6.45, 7) is 5.03. The molecule has 1 unspecified atom stereocenters. The maximum Gasteiger partial charge on any atom is 0.225 e. The molecule has 0 saturated carbocycles. The molecule has 1 rings (SSSR count). The number of carbonyl (C=O) groups is 1. The SMILES string of the molecule is NCC1CCCN1C(=O)CCOCCOCCOCCOCCO. The molecule has 0 bridgehead atoms. The van der Waals surface area contributed by atoms with E-state index in [1.807, 2.05) is 4.90 Å². The number of ether oxygens (including phenoxy) is 4. The number of aliphatic hydroxyl groups excluding tert-OH is 1. The Morgan fingerprint density at radius 2 is 1.50 bits per heavy atom. The van der Waals surface area contributed by atoms with Crippen LogP contribution in [0.1, 0.15) is 19.3 Å². The Bertz CT molecular complexity index is 319. The van der Waals surface area contributed by atoms with Crippen LogP contribution in [-0.4, -0.2) is 94.5 Å². The summed E-state index contributed by atoms with van der Waals surface area (Å²) < 4.78 is 21.1. The van der Waals surface area contributed by atoms with Gasteiger partial charge in [-0.25, -0.2) is 0 Å². The van der Waals surface area contributed by atoms with Crippen molar-refractivity contribution in [2.24, 2.45) is 5.73 Å². The first-order valence-electron chi connectivity index (χ1n) is 8.71. The number of likely N-dealkylation sites (tertiary alicyclic amines) is 1. The van der Waals surface area contributed by atoms with E-state index in [0.717, 1.165) is 19.4 Å². The van der Waals surface area contributed by atoms with E-state index < -0.39 is 0 Å². The molecule has 1 aliphatic rings. The largest absolute Gasteiger partial charge is 0.394 e. The van der Waals surface area contributed by atoms with Gasteiger partial charge in [-0.3, -0.25) is 4.79 Å². The lowest BCUT2D eigenvalue weighted by Gasteiger charge is -2.23. The maximum absolute atomic E-state index is 12.0. The van der Waals surface area contributed by atoms with Crippen molar-refractivity contribution >= 4 is 5.91 Å². The lowest BCUT2D eigenvalue weighted by atomic mass is 10.2. The zero-order valence-corrected chi connectivity index (χ0v) is 14.5. The van der Waals surface area contributed by atoms with Crippen molar-refractivity contribution in [2.45, 2.75) is 25.3 Å². The van der Waals surface area contributed by atoms with Crippen molar-refractivity contribution in [2.75, 3.05) is 72.6 Å². The molecule has 142 valence electrons. The number of carbonyl (C=O) groups excluding carboxylic acids is 1. The molecule has 0 aromatic carbocycles. The highest BCUT2D eigenvalue weighted by molar-refractivity contribution is 5.76. The summed E-state index contributed by atoms with van der Waals surface area (Å²) in [7, 11) is 0. The van der Waals surface area contributed by atoms with E-state index in [9.17, 15) is 4.79 Å². The molecule has 1 aliphatic heterocycles. The van der Waals surface area contributed by atoms with Gasteiger partial charge in [0, 0.05) is 19.1 Å². The number of nitrogens with zero attached hydrogens (tertiary/aromatic N) is 1. The van der Waals surface area contributed by atoms with Crippen LogP contribution in [0.25, 0.3) is 0 Å². The van der Waals surface area contributed by atoms with Crippen molar-refractivity contribution < 1.29 is 28.8 Å². The monoisotopic (exact) mass is 348 g/mol. The van der Waals surface area contributed by atoms with Crippen LogP contribution < -0.4 is 5.73 Å². The molecule has 3 N–H and O–H groups in total. The van der Waals surface area contributed by atoms with Crippen molar-refractivity contribution in [1.82, 2.24) is 4.90 Å². The third-order valence-electron chi connectivity index (χ3n) is 3.78. The van der Waals surface area contributed by atoms with E-state index >= 15 is 0 Å². The molecule has 0 aromatic heterocycles. The second-order valence-corrected chi connectivity index (χ2v) is 5.54. The molecule has 24 heavy (non-hydrogen) atoms. The zero-order valence-electron chi connectivity index (χ0n) is 14.5. The van der Waals surface area contributed by atoms with E-state index in [4.69, 9.17) is 29.8 Å². The van der Waals surface area contributed by atoms with Gasteiger partial charge >= 0.3 is 0 Å². The Morgan fingerprint density at radius 1 is 0.958 bits per heavy atom. The smallest absolute Gasteiger partial charge is 0.225 e. The van der Waals surface area contributed by atoms with E-state index in [-0.39, 0.29) is 18.6 Å². The van der Waals surface area contributed by atoms with Gasteiger partial charge in [0.1, 0.15) is 0 Å². The van der Waals surface area contributed by atoms with Gasteiger partial charge in [-0.15, -0.1) is 0 Å². The van der Waals surface area contributed by atoms with Gasteiger partial charge < -0.3 is 34.7 Å². The standard InChI is InChI=1S/C16H32N2O6/c17-14-15-2-1-4-18(15)16(20)3-6-21-8-10-23-12-13-24-11-9-22-7-5-19/h15,19H,1-14,17H2. The van der Waals surface area contributed by atoms with Gasteiger partial charge in [0.2, 0.25) is 5.91 Å². The summed E-state index contributed by atoms with van der Waals surface area (Å²) in [6.07, 6.45) is 2.44. The molecule has 0 aliphatic carbocycles. The average molecular weight is 348 g/mol. The molecular formula is C16H32N2O6. The normalized spacial score (nSPS) is 17.6. The second kappa shape index (κ2) is 14.6. The molecule has 8 nitrogen and oxygen atoms in total. The van der Waals surface area contributed by atoms with Gasteiger partial charge in [-0.2, -0.15) is 0 Å². The fraction of sp³-hybridized carbons (Fsp3) is 0.938. The summed E-state index contributed by atoms with van der Waals surface area (Å²) in [4.78, 5) is 13.9. The fourth-order valence-electron chi connectivity index (χ4n) is 2.54.